The number of methoxy groups -OCH3 is 1. The van der Waals surface area contributed by atoms with Gasteiger partial charge in [0.2, 0.25) is 5.91 Å². The number of hydrogen-bond acceptors (Lipinski definition) is 4. The number of ether oxygens (including phenoxy) is 1. The molecule has 2 fully saturated rings. The molecule has 0 radical (unpaired) electrons. The van der Waals surface area contributed by atoms with E-state index in [4.69, 9.17) is 4.74 Å². The molecule has 2 aliphatic heterocycles. The summed E-state index contributed by atoms with van der Waals surface area (Å²) in [5.41, 5.74) is 0.576. The molecule has 2 amide bonds. The van der Waals surface area contributed by atoms with Crippen LogP contribution < -0.4 is 10.1 Å². The number of nitrogens with one attached hydrogen (secondary N) is 1. The van der Waals surface area contributed by atoms with E-state index in [-0.39, 0.29) is 17.9 Å². The van der Waals surface area contributed by atoms with Gasteiger partial charge in [-0.25, -0.2) is 0 Å². The maximum absolute atomic E-state index is 12.6. The molecule has 0 aliphatic carbocycles. The Balaban J connectivity index is 1.60. The van der Waals surface area contributed by atoms with Gasteiger partial charge in [-0.2, -0.15) is 0 Å². The zero-order valence-electron chi connectivity index (χ0n) is 13.5. The smallest absolute Gasteiger partial charge is 0.257 e. The summed E-state index contributed by atoms with van der Waals surface area (Å²) in [4.78, 5) is 28.7. The Morgan fingerprint density at radius 2 is 1.83 bits per heavy atom. The van der Waals surface area contributed by atoms with Crippen molar-refractivity contribution < 1.29 is 14.3 Å². The van der Waals surface area contributed by atoms with E-state index in [1.165, 1.54) is 0 Å². The molecule has 1 aromatic rings. The second kappa shape index (κ2) is 7.00. The Bertz CT molecular complexity index is 576. The summed E-state index contributed by atoms with van der Waals surface area (Å²) in [7, 11) is 1.57. The monoisotopic (exact) mass is 317 g/mol. The molecular formula is C17H23N3O3. The first-order valence-corrected chi connectivity index (χ1v) is 8.15. The largest absolute Gasteiger partial charge is 0.496 e. The number of piperazine rings is 1. The zero-order valence-corrected chi connectivity index (χ0v) is 13.5. The van der Waals surface area contributed by atoms with Crippen molar-refractivity contribution in [1.82, 2.24) is 15.1 Å². The first-order valence-electron chi connectivity index (χ1n) is 8.15. The van der Waals surface area contributed by atoms with Crippen molar-refractivity contribution in [3.63, 3.8) is 0 Å². The van der Waals surface area contributed by atoms with Gasteiger partial charge >= 0.3 is 0 Å². The standard InChI is InChI=1S/C17H23N3O3/c1-23-15-7-3-2-5-13(15)16(21)19-9-11-20(12-10-19)17(22)14-6-4-8-18-14/h2-3,5,7,14,18H,4,6,8-12H2,1H3/t14-/m1/s1. The van der Waals surface area contributed by atoms with Gasteiger partial charge < -0.3 is 19.9 Å². The number of para-hydroxylation sites is 1. The Morgan fingerprint density at radius 3 is 2.48 bits per heavy atom. The summed E-state index contributed by atoms with van der Waals surface area (Å²) in [5, 5.41) is 3.24. The number of rotatable bonds is 3. The summed E-state index contributed by atoms with van der Waals surface area (Å²) in [6, 6.07) is 7.22. The molecular weight excluding hydrogens is 294 g/mol. The van der Waals surface area contributed by atoms with E-state index >= 15 is 0 Å². The minimum atomic E-state index is -0.0357. The number of amides is 2. The van der Waals surface area contributed by atoms with E-state index in [1.54, 1.807) is 24.1 Å². The minimum absolute atomic E-state index is 0.0338. The Labute approximate surface area is 136 Å². The first-order chi connectivity index (χ1) is 11.2. The van der Waals surface area contributed by atoms with Crippen molar-refractivity contribution in [1.29, 1.82) is 0 Å². The number of carbonyl (C=O) groups excluding carboxylic acids is 2. The van der Waals surface area contributed by atoms with Crippen LogP contribution in [-0.2, 0) is 4.79 Å². The molecule has 1 atom stereocenters. The van der Waals surface area contributed by atoms with Crippen LogP contribution in [0, 0.1) is 0 Å². The van der Waals surface area contributed by atoms with Crippen LogP contribution >= 0.6 is 0 Å². The number of carbonyl (C=O) groups is 2. The van der Waals surface area contributed by atoms with Crippen molar-refractivity contribution in [3.8, 4) is 5.75 Å². The predicted octanol–water partition coefficient (Wildman–Crippen LogP) is 0.732. The van der Waals surface area contributed by atoms with Crippen LogP contribution in [0.15, 0.2) is 24.3 Å². The lowest BCUT2D eigenvalue weighted by molar-refractivity contribution is -0.134. The molecule has 6 nitrogen and oxygen atoms in total. The van der Waals surface area contributed by atoms with Crippen molar-refractivity contribution in [2.24, 2.45) is 0 Å². The third-order valence-electron chi connectivity index (χ3n) is 4.57. The maximum Gasteiger partial charge on any atom is 0.257 e. The Hall–Kier alpha value is -2.08. The van der Waals surface area contributed by atoms with Crippen LogP contribution in [0.1, 0.15) is 23.2 Å². The van der Waals surface area contributed by atoms with E-state index in [1.807, 2.05) is 17.0 Å². The van der Waals surface area contributed by atoms with Crippen molar-refractivity contribution in [2.45, 2.75) is 18.9 Å². The zero-order chi connectivity index (χ0) is 16.2. The summed E-state index contributed by atoms with van der Waals surface area (Å²) < 4.78 is 5.26. The fourth-order valence-electron chi connectivity index (χ4n) is 3.24. The fourth-order valence-corrected chi connectivity index (χ4v) is 3.24. The third-order valence-corrected chi connectivity index (χ3v) is 4.57. The second-order valence-corrected chi connectivity index (χ2v) is 5.97. The minimum Gasteiger partial charge on any atom is -0.496 e. The highest BCUT2D eigenvalue weighted by Crippen LogP contribution is 2.20. The second-order valence-electron chi connectivity index (χ2n) is 5.97. The molecule has 2 saturated heterocycles. The number of hydrogen-bond donors (Lipinski definition) is 1. The molecule has 0 unspecified atom stereocenters. The molecule has 124 valence electrons. The molecule has 1 aromatic carbocycles. The fraction of sp³-hybridized carbons (Fsp3) is 0.529. The highest BCUT2D eigenvalue weighted by atomic mass is 16.5. The Kier molecular flexibility index (Phi) is 4.81. The Morgan fingerprint density at radius 1 is 1.13 bits per heavy atom. The quantitative estimate of drug-likeness (QED) is 0.893. The maximum atomic E-state index is 12.6. The van der Waals surface area contributed by atoms with Gasteiger partial charge in [-0.1, -0.05) is 12.1 Å². The SMILES string of the molecule is COc1ccccc1C(=O)N1CCN(C(=O)[C@H]2CCCN2)CC1. The van der Waals surface area contributed by atoms with Gasteiger partial charge in [-0.05, 0) is 31.5 Å². The molecule has 0 aromatic heterocycles. The highest BCUT2D eigenvalue weighted by Gasteiger charge is 2.31. The average Bonchev–Trinajstić information content (AvgIpc) is 3.15. The summed E-state index contributed by atoms with van der Waals surface area (Å²) in [5.74, 6) is 0.728. The molecule has 0 spiro atoms. The van der Waals surface area contributed by atoms with E-state index in [0.717, 1.165) is 19.4 Å². The molecule has 2 heterocycles. The van der Waals surface area contributed by atoms with E-state index in [2.05, 4.69) is 5.32 Å². The average molecular weight is 317 g/mol. The molecule has 2 aliphatic rings. The first kappa shape index (κ1) is 15.8. The normalized spacial score (nSPS) is 21.3. The van der Waals surface area contributed by atoms with Crippen molar-refractivity contribution in [2.75, 3.05) is 39.8 Å². The van der Waals surface area contributed by atoms with Gasteiger partial charge in [0.15, 0.2) is 0 Å². The predicted molar refractivity (Wildman–Crippen MR) is 86.5 cm³/mol. The topological polar surface area (TPSA) is 61.9 Å². The summed E-state index contributed by atoms with van der Waals surface area (Å²) in [6.45, 7) is 3.24. The molecule has 3 rings (SSSR count). The number of benzene rings is 1. The van der Waals surface area contributed by atoms with Crippen molar-refractivity contribution in [3.05, 3.63) is 29.8 Å². The van der Waals surface area contributed by atoms with Crippen molar-refractivity contribution >= 4 is 11.8 Å². The molecule has 0 saturated carbocycles. The summed E-state index contributed by atoms with van der Waals surface area (Å²) in [6.07, 6.45) is 1.97. The molecule has 0 bridgehead atoms. The molecule has 1 N–H and O–H groups in total. The van der Waals surface area contributed by atoms with Gasteiger partial charge in [0.25, 0.3) is 5.91 Å². The van der Waals surface area contributed by atoms with Crippen LogP contribution in [0.5, 0.6) is 5.75 Å². The lowest BCUT2D eigenvalue weighted by Gasteiger charge is -2.36. The van der Waals surface area contributed by atoms with Crippen LogP contribution in [0.25, 0.3) is 0 Å². The third kappa shape index (κ3) is 3.32. The van der Waals surface area contributed by atoms with E-state index in [9.17, 15) is 9.59 Å². The highest BCUT2D eigenvalue weighted by molar-refractivity contribution is 5.97. The van der Waals surface area contributed by atoms with E-state index in [0.29, 0.717) is 37.5 Å². The van der Waals surface area contributed by atoms with E-state index < -0.39 is 0 Å². The van der Waals surface area contributed by atoms with Crippen LogP contribution in [0.4, 0.5) is 0 Å². The van der Waals surface area contributed by atoms with Crippen LogP contribution in [-0.4, -0.2) is 67.5 Å². The lowest BCUT2D eigenvalue weighted by atomic mass is 10.1. The van der Waals surface area contributed by atoms with Crippen LogP contribution in [0.3, 0.4) is 0 Å². The van der Waals surface area contributed by atoms with Gasteiger partial charge in [0, 0.05) is 26.2 Å². The number of nitrogens with zero attached hydrogens (tertiary/aromatic N) is 2. The van der Waals surface area contributed by atoms with Gasteiger partial charge in [-0.15, -0.1) is 0 Å². The van der Waals surface area contributed by atoms with Crippen LogP contribution in [0.2, 0.25) is 0 Å². The van der Waals surface area contributed by atoms with Gasteiger partial charge in [0.05, 0.1) is 18.7 Å². The lowest BCUT2D eigenvalue weighted by Crippen LogP contribution is -2.54. The molecule has 23 heavy (non-hydrogen) atoms. The molecule has 6 heteroatoms. The van der Waals surface area contributed by atoms with Gasteiger partial charge in [-0.3, -0.25) is 9.59 Å². The van der Waals surface area contributed by atoms with Gasteiger partial charge in [0.1, 0.15) is 5.75 Å². The summed E-state index contributed by atoms with van der Waals surface area (Å²) >= 11 is 0.